The minimum Gasteiger partial charge on any atom is -0.440 e. The van der Waals surface area contributed by atoms with E-state index in [0.29, 0.717) is 19.6 Å². The fraction of sp³-hybridized carbons (Fsp3) is 0.421. The molecule has 2 aromatic carbocycles. The van der Waals surface area contributed by atoms with E-state index >= 15 is 0 Å². The van der Waals surface area contributed by atoms with Crippen molar-refractivity contribution in [1.82, 2.24) is 5.32 Å². The predicted octanol–water partition coefficient (Wildman–Crippen LogP) is 3.97. The van der Waals surface area contributed by atoms with Crippen LogP contribution in [0.5, 0.6) is 0 Å². The molecule has 146 valence electrons. The van der Waals surface area contributed by atoms with Crippen LogP contribution in [0, 0.1) is 0 Å². The topological polar surface area (TPSA) is 56.8 Å². The van der Waals surface area contributed by atoms with Gasteiger partial charge in [-0.15, -0.1) is 0 Å². The van der Waals surface area contributed by atoms with E-state index in [2.05, 4.69) is 34.3 Å². The van der Waals surface area contributed by atoms with Crippen LogP contribution in [0.4, 0.5) is 18.0 Å². The standard InChI is InChI=1S/C19H20F3NO4/c20-19(21,22)12-27-18(24)23-9-8-17-25-10-14(11-26-17)16-7-3-5-13-4-1-2-6-15(13)16/h1-7,14,17H,8-12H2,(H,23,24)/t14-,17-. The molecule has 1 saturated heterocycles. The number of alkyl carbamates (subject to hydrolysis) is 1. The van der Waals surface area contributed by atoms with Crippen molar-refractivity contribution >= 4 is 16.9 Å². The lowest BCUT2D eigenvalue weighted by Crippen LogP contribution is -2.35. The summed E-state index contributed by atoms with van der Waals surface area (Å²) in [7, 11) is 0. The lowest BCUT2D eigenvalue weighted by molar-refractivity contribution is -0.188. The number of carbonyl (C=O) groups excluding carboxylic acids is 1. The molecule has 0 atom stereocenters. The van der Waals surface area contributed by atoms with Crippen molar-refractivity contribution in [3.8, 4) is 0 Å². The lowest BCUT2D eigenvalue weighted by Gasteiger charge is -2.30. The molecule has 1 N–H and O–H groups in total. The van der Waals surface area contributed by atoms with Gasteiger partial charge in [-0.2, -0.15) is 13.2 Å². The molecule has 3 rings (SSSR count). The zero-order valence-corrected chi connectivity index (χ0v) is 14.5. The predicted molar refractivity (Wildman–Crippen MR) is 92.4 cm³/mol. The Balaban J connectivity index is 1.43. The molecule has 0 radical (unpaired) electrons. The van der Waals surface area contributed by atoms with E-state index in [0.717, 1.165) is 16.3 Å². The Bertz CT molecular complexity index is 768. The zero-order chi connectivity index (χ0) is 19.3. The number of nitrogens with one attached hydrogen (secondary N) is 1. The lowest BCUT2D eigenvalue weighted by atomic mass is 9.94. The molecule has 0 spiro atoms. The van der Waals surface area contributed by atoms with Gasteiger partial charge in [0, 0.05) is 18.9 Å². The Labute approximate surface area is 154 Å². The highest BCUT2D eigenvalue weighted by Crippen LogP contribution is 2.29. The number of rotatable bonds is 5. The number of halogens is 3. The first-order valence-electron chi connectivity index (χ1n) is 8.60. The van der Waals surface area contributed by atoms with Crippen molar-refractivity contribution in [1.29, 1.82) is 0 Å². The molecule has 1 aliphatic heterocycles. The van der Waals surface area contributed by atoms with Gasteiger partial charge in [-0.3, -0.25) is 0 Å². The number of hydrogen-bond acceptors (Lipinski definition) is 4. The maximum atomic E-state index is 12.0. The van der Waals surface area contributed by atoms with Crippen molar-refractivity contribution < 1.29 is 32.2 Å². The minimum atomic E-state index is -4.54. The Hall–Kier alpha value is -2.32. The highest BCUT2D eigenvalue weighted by Gasteiger charge is 2.29. The molecule has 5 nitrogen and oxygen atoms in total. The molecule has 1 aliphatic rings. The maximum absolute atomic E-state index is 12.0. The second kappa shape index (κ2) is 8.58. The van der Waals surface area contributed by atoms with Crippen LogP contribution in [-0.2, 0) is 14.2 Å². The first-order valence-corrected chi connectivity index (χ1v) is 8.60. The van der Waals surface area contributed by atoms with E-state index in [1.165, 1.54) is 0 Å². The summed E-state index contributed by atoms with van der Waals surface area (Å²) in [5.74, 6) is 0.0945. The summed E-state index contributed by atoms with van der Waals surface area (Å²) < 4.78 is 51.3. The smallest absolute Gasteiger partial charge is 0.422 e. The Morgan fingerprint density at radius 1 is 1.11 bits per heavy atom. The summed E-state index contributed by atoms with van der Waals surface area (Å²) in [5, 5.41) is 4.56. The molecular weight excluding hydrogens is 363 g/mol. The largest absolute Gasteiger partial charge is 0.440 e. The van der Waals surface area contributed by atoms with Gasteiger partial charge in [0.15, 0.2) is 12.9 Å². The summed E-state index contributed by atoms with van der Waals surface area (Å²) in [4.78, 5) is 11.2. The van der Waals surface area contributed by atoms with Gasteiger partial charge in [0.2, 0.25) is 0 Å². The van der Waals surface area contributed by atoms with E-state index in [9.17, 15) is 18.0 Å². The van der Waals surface area contributed by atoms with E-state index in [1.807, 2.05) is 18.2 Å². The van der Waals surface area contributed by atoms with Crippen LogP contribution in [-0.4, -0.2) is 44.9 Å². The van der Waals surface area contributed by atoms with E-state index in [1.54, 1.807) is 0 Å². The second-order valence-electron chi connectivity index (χ2n) is 6.27. The Kier molecular flexibility index (Phi) is 6.18. The molecule has 1 fully saturated rings. The molecule has 0 saturated carbocycles. The van der Waals surface area contributed by atoms with Crippen molar-refractivity contribution in [2.24, 2.45) is 0 Å². The highest BCUT2D eigenvalue weighted by atomic mass is 19.4. The number of fused-ring (bicyclic) bond motifs is 1. The van der Waals surface area contributed by atoms with Crippen LogP contribution in [0.3, 0.4) is 0 Å². The number of hydrogen-bond donors (Lipinski definition) is 1. The number of ether oxygens (including phenoxy) is 3. The summed E-state index contributed by atoms with van der Waals surface area (Å²) in [5.41, 5.74) is 1.15. The van der Waals surface area contributed by atoms with Crippen LogP contribution in [0.1, 0.15) is 17.9 Å². The van der Waals surface area contributed by atoms with Crippen molar-refractivity contribution in [2.75, 3.05) is 26.4 Å². The monoisotopic (exact) mass is 383 g/mol. The first-order chi connectivity index (χ1) is 12.9. The Morgan fingerprint density at radius 3 is 2.56 bits per heavy atom. The van der Waals surface area contributed by atoms with Gasteiger partial charge >= 0.3 is 12.3 Å². The molecule has 27 heavy (non-hydrogen) atoms. The van der Waals surface area contributed by atoms with Crippen LogP contribution in [0.25, 0.3) is 10.8 Å². The summed E-state index contributed by atoms with van der Waals surface area (Å²) in [6.07, 6.45) is -5.84. The van der Waals surface area contributed by atoms with Crippen molar-refractivity contribution in [3.63, 3.8) is 0 Å². The Morgan fingerprint density at radius 2 is 1.81 bits per heavy atom. The number of alkyl halides is 3. The van der Waals surface area contributed by atoms with E-state index in [-0.39, 0.29) is 12.5 Å². The first kappa shape index (κ1) is 19.4. The average molecular weight is 383 g/mol. The fourth-order valence-electron chi connectivity index (χ4n) is 2.99. The van der Waals surface area contributed by atoms with Gasteiger partial charge in [-0.05, 0) is 16.3 Å². The summed E-state index contributed by atoms with van der Waals surface area (Å²) in [6, 6.07) is 14.2. The minimum absolute atomic E-state index is 0.0945. The van der Waals surface area contributed by atoms with Crippen LogP contribution in [0.15, 0.2) is 42.5 Å². The number of amides is 1. The van der Waals surface area contributed by atoms with Crippen molar-refractivity contribution in [2.45, 2.75) is 24.8 Å². The van der Waals surface area contributed by atoms with Crippen molar-refractivity contribution in [3.05, 3.63) is 48.0 Å². The van der Waals surface area contributed by atoms with Gasteiger partial charge in [0.25, 0.3) is 0 Å². The highest BCUT2D eigenvalue weighted by molar-refractivity contribution is 5.86. The fourth-order valence-corrected chi connectivity index (χ4v) is 2.99. The number of benzene rings is 2. The molecule has 8 heteroatoms. The normalized spacial score (nSPS) is 20.4. The van der Waals surface area contributed by atoms with E-state index < -0.39 is 25.2 Å². The third-order valence-corrected chi connectivity index (χ3v) is 4.25. The van der Waals surface area contributed by atoms with Gasteiger partial charge < -0.3 is 19.5 Å². The number of carbonyl (C=O) groups is 1. The molecule has 0 aromatic heterocycles. The molecule has 0 unspecified atom stereocenters. The summed E-state index contributed by atoms with van der Waals surface area (Å²) >= 11 is 0. The van der Waals surface area contributed by atoms with Crippen LogP contribution >= 0.6 is 0 Å². The molecule has 0 aliphatic carbocycles. The summed E-state index contributed by atoms with van der Waals surface area (Å²) in [6.45, 7) is -0.573. The van der Waals surface area contributed by atoms with Gasteiger partial charge in [0.05, 0.1) is 13.2 Å². The molecular formula is C19H20F3NO4. The zero-order valence-electron chi connectivity index (χ0n) is 14.5. The van der Waals surface area contributed by atoms with Crippen LogP contribution in [0.2, 0.25) is 0 Å². The quantitative estimate of drug-likeness (QED) is 0.849. The average Bonchev–Trinajstić information content (AvgIpc) is 2.66. The second-order valence-corrected chi connectivity index (χ2v) is 6.27. The molecule has 1 heterocycles. The third kappa shape index (κ3) is 5.58. The maximum Gasteiger partial charge on any atom is 0.422 e. The van der Waals surface area contributed by atoms with E-state index in [4.69, 9.17) is 9.47 Å². The van der Waals surface area contributed by atoms with Gasteiger partial charge in [0.1, 0.15) is 0 Å². The van der Waals surface area contributed by atoms with Crippen LogP contribution < -0.4 is 5.32 Å². The molecule has 1 amide bonds. The molecule has 2 aromatic rings. The van der Waals surface area contributed by atoms with Gasteiger partial charge in [-0.1, -0.05) is 42.5 Å². The SMILES string of the molecule is O=C(NCC[C@H]1OC[C@H](c2cccc3ccccc32)CO1)OCC(F)(F)F. The van der Waals surface area contributed by atoms with Gasteiger partial charge in [-0.25, -0.2) is 4.79 Å². The molecule has 0 bridgehead atoms. The third-order valence-electron chi connectivity index (χ3n) is 4.25.